The Balaban J connectivity index is 2.15. The summed E-state index contributed by atoms with van der Waals surface area (Å²) < 4.78 is 23.6. The molecule has 6 nitrogen and oxygen atoms in total. The highest BCUT2D eigenvalue weighted by Crippen LogP contribution is 2.38. The van der Waals surface area contributed by atoms with Crippen LogP contribution in [0.1, 0.15) is 10.4 Å². The minimum atomic E-state index is -2.38. The van der Waals surface area contributed by atoms with Gasteiger partial charge in [-0.1, -0.05) is 18.2 Å². The monoisotopic (exact) mass is 349 g/mol. The maximum Gasteiger partial charge on any atom is 0.339 e. The van der Waals surface area contributed by atoms with E-state index in [1.165, 1.54) is 23.5 Å². The summed E-state index contributed by atoms with van der Waals surface area (Å²) in [5.41, 5.74) is 0.457. The number of carboxylic acids is 1. The lowest BCUT2D eigenvalue weighted by molar-refractivity contribution is 0.0694. The first-order valence-corrected chi connectivity index (χ1v) is 8.37. The van der Waals surface area contributed by atoms with Gasteiger partial charge in [0.05, 0.1) is 11.4 Å². The molecule has 0 saturated heterocycles. The average molecular weight is 349 g/mol. The van der Waals surface area contributed by atoms with Crippen molar-refractivity contribution in [1.29, 1.82) is 0 Å². The van der Waals surface area contributed by atoms with Gasteiger partial charge in [0.25, 0.3) is 11.3 Å². The van der Waals surface area contributed by atoms with Crippen LogP contribution in [0.3, 0.4) is 0 Å². The molecular formula is C15H11NO5S2. The number of anilines is 2. The molecule has 1 aromatic heterocycles. The van der Waals surface area contributed by atoms with Crippen LogP contribution in [0.25, 0.3) is 10.1 Å². The molecule has 3 rings (SSSR count). The maximum atomic E-state index is 11.8. The third kappa shape index (κ3) is 2.79. The molecule has 1 atom stereocenters. The lowest BCUT2D eigenvalue weighted by atomic mass is 10.1. The van der Waals surface area contributed by atoms with Gasteiger partial charge in [-0.05, 0) is 18.2 Å². The number of fused-ring (bicyclic) bond motifs is 1. The Morgan fingerprint density at radius 2 is 1.91 bits per heavy atom. The van der Waals surface area contributed by atoms with Crippen molar-refractivity contribution in [3.8, 4) is 5.75 Å². The van der Waals surface area contributed by atoms with Crippen molar-refractivity contribution in [2.75, 3.05) is 4.31 Å². The Morgan fingerprint density at radius 3 is 2.57 bits per heavy atom. The molecule has 0 aliphatic heterocycles. The number of hydrogen-bond acceptors (Lipinski definition) is 4. The van der Waals surface area contributed by atoms with Crippen LogP contribution in [0.4, 0.5) is 11.4 Å². The molecule has 0 bridgehead atoms. The second-order valence-electron chi connectivity index (χ2n) is 4.65. The number of phenols is 1. The summed E-state index contributed by atoms with van der Waals surface area (Å²) in [6.07, 6.45) is 0. The van der Waals surface area contributed by atoms with E-state index in [-0.39, 0.29) is 11.3 Å². The van der Waals surface area contributed by atoms with E-state index in [4.69, 9.17) is 5.11 Å². The van der Waals surface area contributed by atoms with Gasteiger partial charge in [0.1, 0.15) is 11.3 Å². The highest BCUT2D eigenvalue weighted by Gasteiger charge is 2.21. The Kier molecular flexibility index (Phi) is 4.03. The predicted molar refractivity (Wildman–Crippen MR) is 89.8 cm³/mol. The zero-order valence-corrected chi connectivity index (χ0v) is 13.2. The largest absolute Gasteiger partial charge is 0.507 e. The quantitative estimate of drug-likeness (QED) is 0.625. The van der Waals surface area contributed by atoms with Crippen molar-refractivity contribution in [3.63, 3.8) is 0 Å². The second kappa shape index (κ2) is 5.99. The molecule has 0 spiro atoms. The summed E-state index contributed by atoms with van der Waals surface area (Å²) in [5, 5.41) is 21.3. The Bertz CT molecular complexity index is 921. The van der Waals surface area contributed by atoms with E-state index in [2.05, 4.69) is 0 Å². The Hall–Kier alpha value is -2.42. The van der Waals surface area contributed by atoms with Crippen LogP contribution < -0.4 is 4.31 Å². The molecule has 23 heavy (non-hydrogen) atoms. The van der Waals surface area contributed by atoms with E-state index in [1.807, 2.05) is 24.3 Å². The Labute approximate surface area is 137 Å². The van der Waals surface area contributed by atoms with Crippen molar-refractivity contribution < 1.29 is 23.8 Å². The zero-order chi connectivity index (χ0) is 16.6. The van der Waals surface area contributed by atoms with Crippen LogP contribution in [0.2, 0.25) is 0 Å². The number of carbonyl (C=O) groups is 1. The number of benzene rings is 2. The van der Waals surface area contributed by atoms with Gasteiger partial charge in [-0.3, -0.25) is 4.55 Å². The first-order chi connectivity index (χ1) is 11.0. The summed E-state index contributed by atoms with van der Waals surface area (Å²) in [6.45, 7) is 0. The number of nitrogens with zero attached hydrogens (tertiary/aromatic N) is 1. The van der Waals surface area contributed by atoms with E-state index in [0.29, 0.717) is 5.69 Å². The third-order valence-corrected chi connectivity index (χ3v) is 4.95. The highest BCUT2D eigenvalue weighted by molar-refractivity contribution is 7.81. The van der Waals surface area contributed by atoms with E-state index >= 15 is 0 Å². The van der Waals surface area contributed by atoms with Gasteiger partial charge >= 0.3 is 5.97 Å². The molecule has 3 N–H and O–H groups in total. The minimum Gasteiger partial charge on any atom is -0.507 e. The SMILES string of the molecule is O=C(O)c1ccc(N(c2csc3ccccc23)S(=O)O)cc1O. The van der Waals surface area contributed by atoms with Crippen LogP contribution in [-0.2, 0) is 11.3 Å². The van der Waals surface area contributed by atoms with Gasteiger partial charge in [-0.25, -0.2) is 13.3 Å². The molecular weight excluding hydrogens is 338 g/mol. The summed E-state index contributed by atoms with van der Waals surface area (Å²) in [7, 11) is 0. The number of aromatic carboxylic acids is 1. The molecule has 0 aliphatic rings. The van der Waals surface area contributed by atoms with Crippen molar-refractivity contribution in [3.05, 3.63) is 53.4 Å². The van der Waals surface area contributed by atoms with Crippen molar-refractivity contribution in [2.24, 2.45) is 0 Å². The van der Waals surface area contributed by atoms with Gasteiger partial charge in [0.2, 0.25) is 0 Å². The van der Waals surface area contributed by atoms with E-state index in [1.54, 1.807) is 5.38 Å². The van der Waals surface area contributed by atoms with Crippen LogP contribution in [0, 0.1) is 0 Å². The minimum absolute atomic E-state index is 0.219. The number of thiophene rings is 1. The van der Waals surface area contributed by atoms with Crippen LogP contribution in [0.15, 0.2) is 47.8 Å². The summed E-state index contributed by atoms with van der Waals surface area (Å²) in [5.74, 6) is -1.74. The molecule has 0 fully saturated rings. The average Bonchev–Trinajstić information content (AvgIpc) is 2.91. The van der Waals surface area contributed by atoms with Gasteiger partial charge in [-0.15, -0.1) is 11.3 Å². The number of aromatic hydroxyl groups is 1. The fourth-order valence-corrected chi connectivity index (χ4v) is 3.87. The van der Waals surface area contributed by atoms with Crippen molar-refractivity contribution >= 4 is 50.0 Å². The summed E-state index contributed by atoms with van der Waals surface area (Å²) in [6, 6.07) is 11.1. The lowest BCUT2D eigenvalue weighted by Crippen LogP contribution is -2.19. The van der Waals surface area contributed by atoms with Crippen LogP contribution in [-0.4, -0.2) is 24.9 Å². The lowest BCUT2D eigenvalue weighted by Gasteiger charge is -2.19. The van der Waals surface area contributed by atoms with Gasteiger partial charge < -0.3 is 10.2 Å². The molecule has 1 unspecified atom stereocenters. The molecule has 8 heteroatoms. The smallest absolute Gasteiger partial charge is 0.339 e. The predicted octanol–water partition coefficient (Wildman–Crippen LogP) is 3.58. The van der Waals surface area contributed by atoms with Gasteiger partial charge in [-0.2, -0.15) is 0 Å². The number of rotatable bonds is 4. The molecule has 1 heterocycles. The normalized spacial score (nSPS) is 12.2. The fourth-order valence-electron chi connectivity index (χ4n) is 2.26. The van der Waals surface area contributed by atoms with Gasteiger partial charge in [0, 0.05) is 21.5 Å². The van der Waals surface area contributed by atoms with Gasteiger partial charge in [0.15, 0.2) is 0 Å². The van der Waals surface area contributed by atoms with Crippen molar-refractivity contribution in [2.45, 2.75) is 0 Å². The van der Waals surface area contributed by atoms with E-state index < -0.39 is 23.0 Å². The molecule has 2 aromatic carbocycles. The molecule has 0 amide bonds. The first-order valence-electron chi connectivity index (χ1n) is 6.42. The zero-order valence-electron chi connectivity index (χ0n) is 11.5. The molecule has 0 saturated carbocycles. The number of carboxylic acid groups (broad SMARTS) is 1. The first kappa shape index (κ1) is 15.5. The standard InChI is InChI=1S/C15H11NO5S2/c17-13-7-9(5-6-11(13)15(18)19)16(23(20)21)12-8-22-14-4-2-1-3-10(12)14/h1-8,17H,(H,18,19)(H,20,21). The molecule has 3 aromatic rings. The summed E-state index contributed by atoms with van der Waals surface area (Å²) >= 11 is -0.961. The molecule has 118 valence electrons. The van der Waals surface area contributed by atoms with Crippen molar-refractivity contribution in [1.82, 2.24) is 0 Å². The maximum absolute atomic E-state index is 11.8. The number of hydrogen-bond donors (Lipinski definition) is 3. The van der Waals surface area contributed by atoms with Crippen LogP contribution in [0.5, 0.6) is 5.75 Å². The van der Waals surface area contributed by atoms with E-state index in [0.717, 1.165) is 20.5 Å². The fraction of sp³-hybridized carbons (Fsp3) is 0. The third-order valence-electron chi connectivity index (χ3n) is 3.28. The second-order valence-corrected chi connectivity index (χ2v) is 6.39. The molecule has 0 radical (unpaired) electrons. The summed E-state index contributed by atoms with van der Waals surface area (Å²) in [4.78, 5) is 11.0. The van der Waals surface area contributed by atoms with E-state index in [9.17, 15) is 18.7 Å². The Morgan fingerprint density at radius 1 is 1.17 bits per heavy atom. The topological polar surface area (TPSA) is 98.1 Å². The van der Waals surface area contributed by atoms with Crippen LogP contribution >= 0.6 is 11.3 Å². The molecule has 0 aliphatic carbocycles. The highest BCUT2D eigenvalue weighted by atomic mass is 32.2.